The molecule has 2 atom stereocenters. The fourth-order valence-corrected chi connectivity index (χ4v) is 3.86. The summed E-state index contributed by atoms with van der Waals surface area (Å²) in [6.07, 6.45) is 0. The lowest BCUT2D eigenvalue weighted by Crippen LogP contribution is -2.31. The summed E-state index contributed by atoms with van der Waals surface area (Å²) in [4.78, 5) is 4.83. The van der Waals surface area contributed by atoms with Gasteiger partial charge in [-0.1, -0.05) is 25.1 Å². The van der Waals surface area contributed by atoms with Crippen LogP contribution in [0.15, 0.2) is 36.4 Å². The SMILES string of the molecule is CCN(C)C[C@@H]1CN(Cc2ccc3cc(OC)ccc3c2)C[C@@H]1CO. The highest BCUT2D eigenvalue weighted by molar-refractivity contribution is 5.84. The molecule has 1 saturated heterocycles. The van der Waals surface area contributed by atoms with Crippen molar-refractivity contribution in [3.05, 3.63) is 42.0 Å². The van der Waals surface area contributed by atoms with Crippen molar-refractivity contribution in [2.75, 3.05) is 46.9 Å². The van der Waals surface area contributed by atoms with Crippen LogP contribution in [-0.4, -0.2) is 61.8 Å². The first-order valence-electron chi connectivity index (χ1n) is 9.21. The highest BCUT2D eigenvalue weighted by Crippen LogP contribution is 2.27. The normalized spacial score (nSPS) is 21.3. The van der Waals surface area contributed by atoms with Crippen LogP contribution in [0.3, 0.4) is 0 Å². The van der Waals surface area contributed by atoms with Crippen molar-refractivity contribution < 1.29 is 9.84 Å². The first kappa shape index (κ1) is 18.2. The average Bonchev–Trinajstić information content (AvgIpc) is 3.02. The van der Waals surface area contributed by atoms with Gasteiger partial charge in [-0.05, 0) is 60.0 Å². The second-order valence-corrected chi connectivity index (χ2v) is 7.30. The Morgan fingerprint density at radius 3 is 2.56 bits per heavy atom. The third-order valence-electron chi connectivity index (χ3n) is 5.49. The number of benzene rings is 2. The number of nitrogens with zero attached hydrogens (tertiary/aromatic N) is 2. The molecule has 0 amide bonds. The number of aliphatic hydroxyl groups excluding tert-OH is 1. The molecule has 1 aliphatic rings. The van der Waals surface area contributed by atoms with E-state index in [0.717, 1.165) is 38.5 Å². The van der Waals surface area contributed by atoms with E-state index in [0.29, 0.717) is 11.8 Å². The first-order chi connectivity index (χ1) is 12.1. The molecule has 2 aromatic rings. The summed E-state index contributed by atoms with van der Waals surface area (Å²) in [5, 5.41) is 12.2. The van der Waals surface area contributed by atoms with E-state index in [2.05, 4.69) is 54.1 Å². The molecule has 0 unspecified atom stereocenters. The minimum Gasteiger partial charge on any atom is -0.497 e. The summed E-state index contributed by atoms with van der Waals surface area (Å²) >= 11 is 0. The van der Waals surface area contributed by atoms with Crippen LogP contribution in [0.5, 0.6) is 5.75 Å². The van der Waals surface area contributed by atoms with Crippen molar-refractivity contribution in [2.24, 2.45) is 11.8 Å². The highest BCUT2D eigenvalue weighted by atomic mass is 16.5. The fourth-order valence-electron chi connectivity index (χ4n) is 3.86. The molecule has 1 heterocycles. The summed E-state index contributed by atoms with van der Waals surface area (Å²) in [6, 6.07) is 12.9. The third-order valence-corrected chi connectivity index (χ3v) is 5.49. The number of hydrogen-bond acceptors (Lipinski definition) is 4. The summed E-state index contributed by atoms with van der Waals surface area (Å²) in [6.45, 7) is 7.60. The summed E-state index contributed by atoms with van der Waals surface area (Å²) in [5.41, 5.74) is 1.33. The number of ether oxygens (including phenoxy) is 1. The molecule has 0 spiro atoms. The van der Waals surface area contributed by atoms with E-state index in [-0.39, 0.29) is 6.61 Å². The van der Waals surface area contributed by atoms with E-state index in [4.69, 9.17) is 4.74 Å². The molecule has 0 bridgehead atoms. The Labute approximate surface area is 151 Å². The van der Waals surface area contributed by atoms with Crippen LogP contribution >= 0.6 is 0 Å². The first-order valence-corrected chi connectivity index (χ1v) is 9.21. The molecule has 136 valence electrons. The number of likely N-dealkylation sites (tertiary alicyclic amines) is 1. The number of aliphatic hydroxyl groups is 1. The van der Waals surface area contributed by atoms with Gasteiger partial charge in [-0.15, -0.1) is 0 Å². The molecule has 4 heteroatoms. The third kappa shape index (κ3) is 4.32. The summed E-state index contributed by atoms with van der Waals surface area (Å²) in [7, 11) is 3.86. The minimum atomic E-state index is 0.288. The molecule has 1 aliphatic heterocycles. The van der Waals surface area contributed by atoms with E-state index < -0.39 is 0 Å². The van der Waals surface area contributed by atoms with E-state index >= 15 is 0 Å². The Balaban J connectivity index is 1.68. The lowest BCUT2D eigenvalue weighted by atomic mass is 9.96. The zero-order chi connectivity index (χ0) is 17.8. The maximum absolute atomic E-state index is 9.74. The molecule has 0 radical (unpaired) electrons. The fraction of sp³-hybridized carbons (Fsp3) is 0.524. The monoisotopic (exact) mass is 342 g/mol. The van der Waals surface area contributed by atoms with Crippen molar-refractivity contribution >= 4 is 10.8 Å². The summed E-state index contributed by atoms with van der Waals surface area (Å²) < 4.78 is 5.30. The molecule has 1 fully saturated rings. The number of hydrogen-bond donors (Lipinski definition) is 1. The van der Waals surface area contributed by atoms with Crippen LogP contribution in [-0.2, 0) is 6.54 Å². The van der Waals surface area contributed by atoms with Gasteiger partial charge < -0.3 is 14.7 Å². The van der Waals surface area contributed by atoms with Gasteiger partial charge in [0.15, 0.2) is 0 Å². The van der Waals surface area contributed by atoms with Gasteiger partial charge in [0.2, 0.25) is 0 Å². The molecule has 25 heavy (non-hydrogen) atoms. The van der Waals surface area contributed by atoms with Gasteiger partial charge in [0, 0.05) is 32.8 Å². The molecule has 4 nitrogen and oxygen atoms in total. The van der Waals surface area contributed by atoms with E-state index in [1.54, 1.807) is 7.11 Å². The van der Waals surface area contributed by atoms with Crippen molar-refractivity contribution in [3.63, 3.8) is 0 Å². The van der Waals surface area contributed by atoms with Crippen LogP contribution < -0.4 is 4.74 Å². The maximum atomic E-state index is 9.74. The van der Waals surface area contributed by atoms with Gasteiger partial charge in [0.05, 0.1) is 7.11 Å². The topological polar surface area (TPSA) is 35.9 Å². The van der Waals surface area contributed by atoms with Crippen LogP contribution in [0.4, 0.5) is 0 Å². The van der Waals surface area contributed by atoms with E-state index in [1.165, 1.54) is 16.3 Å². The molecular formula is C21H30N2O2. The molecule has 3 rings (SSSR count). The summed E-state index contributed by atoms with van der Waals surface area (Å²) in [5.74, 6) is 1.84. The average molecular weight is 342 g/mol. The lowest BCUT2D eigenvalue weighted by Gasteiger charge is -2.22. The van der Waals surface area contributed by atoms with Gasteiger partial charge >= 0.3 is 0 Å². The molecule has 1 N–H and O–H groups in total. The van der Waals surface area contributed by atoms with Crippen LogP contribution in [0.2, 0.25) is 0 Å². The Hall–Kier alpha value is -1.62. The number of methoxy groups -OCH3 is 1. The molecule has 2 aromatic carbocycles. The molecular weight excluding hydrogens is 312 g/mol. The maximum Gasteiger partial charge on any atom is 0.119 e. The van der Waals surface area contributed by atoms with Gasteiger partial charge in [-0.25, -0.2) is 0 Å². The number of rotatable bonds is 7. The molecule has 0 aliphatic carbocycles. The van der Waals surface area contributed by atoms with Gasteiger partial charge in [0.25, 0.3) is 0 Å². The second-order valence-electron chi connectivity index (χ2n) is 7.30. The zero-order valence-corrected chi connectivity index (χ0v) is 15.6. The number of fused-ring (bicyclic) bond motifs is 1. The second kappa shape index (κ2) is 8.17. The quantitative estimate of drug-likeness (QED) is 0.839. The van der Waals surface area contributed by atoms with Crippen molar-refractivity contribution in [1.82, 2.24) is 9.80 Å². The van der Waals surface area contributed by atoms with Crippen LogP contribution in [0.25, 0.3) is 10.8 Å². The van der Waals surface area contributed by atoms with Crippen molar-refractivity contribution in [2.45, 2.75) is 13.5 Å². The Morgan fingerprint density at radius 2 is 1.84 bits per heavy atom. The van der Waals surface area contributed by atoms with Gasteiger partial charge in [0.1, 0.15) is 5.75 Å². The van der Waals surface area contributed by atoms with Gasteiger partial charge in [-0.2, -0.15) is 0 Å². The predicted octanol–water partition coefficient (Wildman–Crippen LogP) is 2.84. The van der Waals surface area contributed by atoms with E-state index in [1.807, 2.05) is 6.07 Å². The lowest BCUT2D eigenvalue weighted by molar-refractivity contribution is 0.177. The van der Waals surface area contributed by atoms with Crippen LogP contribution in [0.1, 0.15) is 12.5 Å². The standard InChI is InChI=1S/C21H30N2O2/c1-4-22(2)12-19-13-23(14-20(19)15-24)11-16-5-6-18-10-21(25-3)8-7-17(18)9-16/h5-10,19-20,24H,4,11-15H2,1-3H3/t19-,20-/m1/s1. The van der Waals surface area contributed by atoms with Crippen LogP contribution in [0, 0.1) is 11.8 Å². The molecule has 0 aromatic heterocycles. The largest absolute Gasteiger partial charge is 0.497 e. The van der Waals surface area contributed by atoms with Gasteiger partial charge in [-0.3, -0.25) is 4.90 Å². The Kier molecular flexibility index (Phi) is 5.94. The molecule has 0 saturated carbocycles. The Bertz CT molecular complexity index is 703. The minimum absolute atomic E-state index is 0.288. The van der Waals surface area contributed by atoms with Crippen molar-refractivity contribution in [3.8, 4) is 5.75 Å². The van der Waals surface area contributed by atoms with E-state index in [9.17, 15) is 5.11 Å². The predicted molar refractivity (Wildman–Crippen MR) is 103 cm³/mol. The van der Waals surface area contributed by atoms with Crippen molar-refractivity contribution in [1.29, 1.82) is 0 Å². The highest BCUT2D eigenvalue weighted by Gasteiger charge is 2.32. The zero-order valence-electron chi connectivity index (χ0n) is 15.6. The smallest absolute Gasteiger partial charge is 0.119 e. The Morgan fingerprint density at radius 1 is 1.12 bits per heavy atom.